The first-order chi connectivity index (χ1) is 18.8. The Morgan fingerprint density at radius 1 is 1.08 bits per heavy atom. The summed E-state index contributed by atoms with van der Waals surface area (Å²) in [5.41, 5.74) is 1.14. The maximum absolute atomic E-state index is 14.2. The summed E-state index contributed by atoms with van der Waals surface area (Å²) >= 11 is 0. The lowest BCUT2D eigenvalue weighted by molar-refractivity contribution is -0.139. The third kappa shape index (κ3) is 7.24. The van der Waals surface area contributed by atoms with E-state index >= 15 is 0 Å². The second kappa shape index (κ2) is 12.8. The minimum Gasteiger partial charge on any atom is -0.481 e. The fraction of sp³-hybridized carbons (Fsp3) is 0.231. The number of nitrogens with zero attached hydrogens (tertiary/aromatic N) is 3. The van der Waals surface area contributed by atoms with E-state index in [-0.39, 0.29) is 55.7 Å². The normalized spacial score (nSPS) is 10.9. The van der Waals surface area contributed by atoms with Gasteiger partial charge in [-0.1, -0.05) is 0 Å². The average Bonchev–Trinajstić information content (AvgIpc) is 3.31. The van der Waals surface area contributed by atoms with Crippen LogP contribution < -0.4 is 15.4 Å². The molecule has 11 nitrogen and oxygen atoms in total. The number of ether oxygens (including phenoxy) is 2. The van der Waals surface area contributed by atoms with Gasteiger partial charge in [0.25, 0.3) is 5.91 Å². The molecule has 1 amide bonds. The van der Waals surface area contributed by atoms with Crippen molar-refractivity contribution < 1.29 is 38.1 Å². The van der Waals surface area contributed by atoms with E-state index in [1.54, 1.807) is 29.1 Å². The van der Waals surface area contributed by atoms with Gasteiger partial charge in [-0.15, -0.1) is 0 Å². The number of rotatable bonds is 13. The van der Waals surface area contributed by atoms with Gasteiger partial charge in [0, 0.05) is 41.6 Å². The molecule has 0 fully saturated rings. The quantitative estimate of drug-likeness (QED) is 0.188. The number of aliphatic carboxylic acids is 1. The molecule has 2 aromatic carbocycles. The van der Waals surface area contributed by atoms with Crippen LogP contribution >= 0.6 is 0 Å². The standard InChI is InChI=1S/C26H25F2N5O6/c27-18-1-4-21(28)17(11-18)14-33-7-5-16-13-30-26(32-24(16)33)31-19-2-3-20(22(12-19)39-15-23(35)36)25(37)29-6-9-38-10-8-34/h1-5,7,11-13,34H,6,8-10,14-15H2,(H,29,37)(H,35,36)(H,30,31,32). The van der Waals surface area contributed by atoms with Crippen molar-refractivity contribution in [3.63, 3.8) is 0 Å². The highest BCUT2D eigenvalue weighted by atomic mass is 19.1. The van der Waals surface area contributed by atoms with Crippen LogP contribution in [-0.4, -0.2) is 69.6 Å². The van der Waals surface area contributed by atoms with Crippen LogP contribution in [0.3, 0.4) is 0 Å². The third-order valence-electron chi connectivity index (χ3n) is 5.45. The van der Waals surface area contributed by atoms with Crippen molar-refractivity contribution in [2.24, 2.45) is 0 Å². The summed E-state index contributed by atoms with van der Waals surface area (Å²) < 4.78 is 39.9. The molecule has 2 heterocycles. The van der Waals surface area contributed by atoms with Gasteiger partial charge in [0.1, 0.15) is 23.0 Å². The molecule has 0 atom stereocenters. The Labute approximate surface area is 221 Å². The number of carboxylic acid groups (broad SMARTS) is 1. The van der Waals surface area contributed by atoms with E-state index < -0.39 is 30.1 Å². The summed E-state index contributed by atoms with van der Waals surface area (Å²) in [5.74, 6) is -2.63. The Morgan fingerprint density at radius 2 is 1.92 bits per heavy atom. The monoisotopic (exact) mass is 541 g/mol. The van der Waals surface area contributed by atoms with Crippen molar-refractivity contribution in [2.45, 2.75) is 6.54 Å². The van der Waals surface area contributed by atoms with Crippen LogP contribution in [0.1, 0.15) is 15.9 Å². The van der Waals surface area contributed by atoms with Gasteiger partial charge in [0.15, 0.2) is 6.61 Å². The van der Waals surface area contributed by atoms with E-state index in [2.05, 4.69) is 20.6 Å². The van der Waals surface area contributed by atoms with Crippen LogP contribution in [-0.2, 0) is 16.1 Å². The molecular weight excluding hydrogens is 516 g/mol. The molecule has 204 valence electrons. The average molecular weight is 542 g/mol. The number of benzene rings is 2. The Hall–Kier alpha value is -4.62. The van der Waals surface area contributed by atoms with Gasteiger partial charge in [-0.05, 0) is 36.4 Å². The van der Waals surface area contributed by atoms with Crippen LogP contribution in [0.5, 0.6) is 5.75 Å². The number of carbonyl (C=O) groups excluding carboxylic acids is 1. The second-order valence-corrected chi connectivity index (χ2v) is 8.26. The summed E-state index contributed by atoms with van der Waals surface area (Å²) in [4.78, 5) is 32.4. The van der Waals surface area contributed by atoms with E-state index in [0.717, 1.165) is 18.2 Å². The van der Waals surface area contributed by atoms with Crippen molar-refractivity contribution in [2.75, 3.05) is 38.3 Å². The first kappa shape index (κ1) is 27.4. The van der Waals surface area contributed by atoms with Gasteiger partial charge in [-0.3, -0.25) is 4.79 Å². The Kier molecular flexibility index (Phi) is 8.97. The van der Waals surface area contributed by atoms with Crippen LogP contribution in [0.4, 0.5) is 20.4 Å². The number of aromatic nitrogens is 3. The maximum atomic E-state index is 14.2. The Bertz CT molecular complexity index is 1480. The highest BCUT2D eigenvalue weighted by molar-refractivity contribution is 5.97. The number of aliphatic hydroxyl groups excluding tert-OH is 1. The molecule has 0 radical (unpaired) electrons. The number of carbonyl (C=O) groups is 2. The van der Waals surface area contributed by atoms with E-state index in [1.165, 1.54) is 12.1 Å². The number of halogens is 2. The van der Waals surface area contributed by atoms with Gasteiger partial charge in [-0.2, -0.15) is 4.98 Å². The third-order valence-corrected chi connectivity index (χ3v) is 5.45. The van der Waals surface area contributed by atoms with Gasteiger partial charge in [0.05, 0.1) is 31.9 Å². The molecule has 4 aromatic rings. The Balaban J connectivity index is 1.54. The summed E-state index contributed by atoms with van der Waals surface area (Å²) in [6.45, 7) is -0.260. The zero-order valence-corrected chi connectivity index (χ0v) is 20.6. The summed E-state index contributed by atoms with van der Waals surface area (Å²) in [7, 11) is 0. The van der Waals surface area contributed by atoms with E-state index in [9.17, 15) is 18.4 Å². The molecule has 0 saturated heterocycles. The summed E-state index contributed by atoms with van der Waals surface area (Å²) in [5, 5.41) is 24.1. The predicted octanol–water partition coefficient (Wildman–Crippen LogP) is 2.70. The van der Waals surface area contributed by atoms with Gasteiger partial charge < -0.3 is 34.9 Å². The molecule has 0 spiro atoms. The number of aliphatic hydroxyl groups is 1. The van der Waals surface area contributed by atoms with Crippen molar-refractivity contribution in [3.05, 3.63) is 77.6 Å². The SMILES string of the molecule is O=C(O)COc1cc(Nc2ncc3ccn(Cc4cc(F)ccc4F)c3n2)ccc1C(=O)NCCOCCO. The largest absolute Gasteiger partial charge is 0.481 e. The van der Waals surface area contributed by atoms with Crippen LogP contribution in [0, 0.1) is 11.6 Å². The molecule has 4 N–H and O–H groups in total. The zero-order valence-electron chi connectivity index (χ0n) is 20.6. The summed E-state index contributed by atoms with van der Waals surface area (Å²) in [6, 6.07) is 9.45. The van der Waals surface area contributed by atoms with Crippen LogP contribution in [0.2, 0.25) is 0 Å². The fourth-order valence-electron chi connectivity index (χ4n) is 3.68. The second-order valence-electron chi connectivity index (χ2n) is 8.26. The molecule has 0 unspecified atom stereocenters. The van der Waals surface area contributed by atoms with Crippen molar-refractivity contribution in [3.8, 4) is 5.75 Å². The maximum Gasteiger partial charge on any atom is 0.341 e. The fourth-order valence-corrected chi connectivity index (χ4v) is 3.68. The molecule has 0 aliphatic heterocycles. The smallest absolute Gasteiger partial charge is 0.341 e. The van der Waals surface area contributed by atoms with Crippen molar-refractivity contribution >= 4 is 34.5 Å². The molecule has 2 aromatic heterocycles. The molecule has 13 heteroatoms. The number of hydrogen-bond donors (Lipinski definition) is 4. The van der Waals surface area contributed by atoms with Crippen LogP contribution in [0.25, 0.3) is 11.0 Å². The molecule has 4 rings (SSSR count). The number of fused-ring (bicyclic) bond motifs is 1. The first-order valence-electron chi connectivity index (χ1n) is 11.8. The van der Waals surface area contributed by atoms with Gasteiger partial charge in [0.2, 0.25) is 5.95 Å². The van der Waals surface area contributed by atoms with E-state index in [0.29, 0.717) is 16.7 Å². The highest BCUT2D eigenvalue weighted by Crippen LogP contribution is 2.26. The molecule has 0 aliphatic rings. The minimum absolute atomic E-state index is 0.0159. The number of amides is 1. The zero-order chi connectivity index (χ0) is 27.8. The Morgan fingerprint density at radius 3 is 2.72 bits per heavy atom. The van der Waals surface area contributed by atoms with Gasteiger partial charge in [-0.25, -0.2) is 18.6 Å². The molecule has 0 aliphatic carbocycles. The number of anilines is 2. The molecule has 39 heavy (non-hydrogen) atoms. The lowest BCUT2D eigenvalue weighted by Gasteiger charge is -2.13. The predicted molar refractivity (Wildman–Crippen MR) is 136 cm³/mol. The number of hydrogen-bond acceptors (Lipinski definition) is 8. The van der Waals surface area contributed by atoms with Crippen molar-refractivity contribution in [1.29, 1.82) is 0 Å². The lowest BCUT2D eigenvalue weighted by Crippen LogP contribution is -2.28. The van der Waals surface area contributed by atoms with Crippen LogP contribution in [0.15, 0.2) is 54.9 Å². The van der Waals surface area contributed by atoms with E-state index in [1.807, 2.05) is 0 Å². The van der Waals surface area contributed by atoms with E-state index in [4.69, 9.17) is 19.7 Å². The molecule has 0 saturated carbocycles. The summed E-state index contributed by atoms with van der Waals surface area (Å²) in [6.07, 6.45) is 3.25. The highest BCUT2D eigenvalue weighted by Gasteiger charge is 2.16. The van der Waals surface area contributed by atoms with Crippen molar-refractivity contribution in [1.82, 2.24) is 19.9 Å². The topological polar surface area (TPSA) is 148 Å². The molecule has 0 bridgehead atoms. The lowest BCUT2D eigenvalue weighted by atomic mass is 10.1. The number of carboxylic acids is 1. The number of nitrogens with one attached hydrogen (secondary N) is 2. The first-order valence-corrected chi connectivity index (χ1v) is 11.8. The minimum atomic E-state index is -1.22. The van der Waals surface area contributed by atoms with Gasteiger partial charge >= 0.3 is 5.97 Å². The molecular formula is C26H25F2N5O6.